The molecular formula is C9H13ClN2. The van der Waals surface area contributed by atoms with Gasteiger partial charge in [0.25, 0.3) is 0 Å². The van der Waals surface area contributed by atoms with Crippen molar-refractivity contribution in [2.24, 2.45) is 5.73 Å². The Kier molecular flexibility index (Phi) is 3.38. The van der Waals surface area contributed by atoms with E-state index in [2.05, 4.69) is 6.92 Å². The van der Waals surface area contributed by atoms with Crippen molar-refractivity contribution in [2.45, 2.75) is 6.92 Å². The first-order valence-electron chi connectivity index (χ1n) is 3.98. The Morgan fingerprint density at radius 3 is 2.75 bits per heavy atom. The lowest BCUT2D eigenvalue weighted by molar-refractivity contribution is 0.843. The maximum absolute atomic E-state index is 5.84. The minimum Gasteiger partial charge on any atom is -0.359 e. The van der Waals surface area contributed by atoms with E-state index >= 15 is 0 Å². The first-order valence-corrected chi connectivity index (χ1v) is 4.36. The third-order valence-corrected chi connectivity index (χ3v) is 2.01. The molecule has 0 saturated carbocycles. The predicted molar refractivity (Wildman–Crippen MR) is 53.5 cm³/mol. The summed E-state index contributed by atoms with van der Waals surface area (Å²) in [6.45, 7) is 3.49. The van der Waals surface area contributed by atoms with Crippen molar-refractivity contribution in [1.82, 2.24) is 0 Å². The van der Waals surface area contributed by atoms with Crippen LogP contribution in [-0.2, 0) is 0 Å². The second-order valence-electron chi connectivity index (χ2n) is 2.52. The van der Waals surface area contributed by atoms with Crippen molar-refractivity contribution in [3.63, 3.8) is 0 Å². The van der Waals surface area contributed by atoms with Crippen molar-refractivity contribution in [1.29, 1.82) is 0 Å². The zero-order chi connectivity index (χ0) is 8.97. The number of nitrogens with zero attached hydrogens (tertiary/aromatic N) is 1. The molecule has 1 aromatic rings. The molecule has 2 N–H and O–H groups in total. The third kappa shape index (κ3) is 2.13. The van der Waals surface area contributed by atoms with Crippen LogP contribution in [0.2, 0.25) is 5.02 Å². The Morgan fingerprint density at radius 2 is 2.25 bits per heavy atom. The van der Waals surface area contributed by atoms with Crippen LogP contribution in [0.3, 0.4) is 0 Å². The minimum atomic E-state index is 0.525. The Balaban J connectivity index is 2.85. The molecule has 0 heterocycles. The molecule has 12 heavy (non-hydrogen) atoms. The molecule has 0 saturated heterocycles. The van der Waals surface area contributed by atoms with Crippen LogP contribution in [0.4, 0.5) is 5.69 Å². The molecule has 0 aliphatic heterocycles. The van der Waals surface area contributed by atoms with Gasteiger partial charge in [0.1, 0.15) is 0 Å². The van der Waals surface area contributed by atoms with Crippen LogP contribution in [0.25, 0.3) is 0 Å². The zero-order valence-corrected chi connectivity index (χ0v) is 7.88. The average molecular weight is 185 g/mol. The number of benzene rings is 1. The molecule has 0 unspecified atom stereocenters. The molecular weight excluding hydrogens is 172 g/mol. The van der Waals surface area contributed by atoms with Gasteiger partial charge < -0.3 is 10.6 Å². The fourth-order valence-corrected chi connectivity index (χ4v) is 1.27. The maximum atomic E-state index is 5.84. The molecule has 0 aliphatic rings. The molecule has 0 aromatic heterocycles. The summed E-state index contributed by atoms with van der Waals surface area (Å²) in [6.07, 6.45) is 0. The molecule has 66 valence electrons. The summed E-state index contributed by atoms with van der Waals surface area (Å²) < 4.78 is 0. The monoisotopic (exact) mass is 184 g/mol. The van der Waals surface area contributed by atoms with E-state index in [4.69, 9.17) is 17.3 Å². The Bertz CT molecular complexity index is 246. The Hall–Kier alpha value is -0.730. The number of halogens is 1. The third-order valence-electron chi connectivity index (χ3n) is 1.78. The highest BCUT2D eigenvalue weighted by molar-refractivity contribution is 6.30. The highest BCUT2D eigenvalue weighted by Gasteiger charge is 2.00. The van der Waals surface area contributed by atoms with Gasteiger partial charge in [-0.3, -0.25) is 0 Å². The highest BCUT2D eigenvalue weighted by Crippen LogP contribution is 2.18. The lowest BCUT2D eigenvalue weighted by atomic mass is 10.3. The van der Waals surface area contributed by atoms with Gasteiger partial charge >= 0.3 is 0 Å². The molecule has 0 radical (unpaired) electrons. The van der Waals surface area contributed by atoms with Crippen molar-refractivity contribution in [3.05, 3.63) is 29.3 Å². The number of rotatable bonds is 3. The van der Waals surface area contributed by atoms with Gasteiger partial charge in [-0.1, -0.05) is 17.7 Å². The Labute approximate surface area is 77.9 Å². The molecule has 0 spiro atoms. The zero-order valence-electron chi connectivity index (χ0n) is 7.13. The summed E-state index contributed by atoms with van der Waals surface area (Å²) >= 11 is 5.84. The van der Waals surface area contributed by atoms with Crippen LogP contribution in [0.1, 0.15) is 6.92 Å². The van der Waals surface area contributed by atoms with Crippen LogP contribution in [0, 0.1) is 0 Å². The molecule has 0 bridgehead atoms. The van der Waals surface area contributed by atoms with E-state index in [0.717, 1.165) is 17.3 Å². The van der Waals surface area contributed by atoms with Crippen molar-refractivity contribution >= 4 is 17.3 Å². The van der Waals surface area contributed by atoms with Crippen molar-refractivity contribution in [2.75, 3.05) is 18.1 Å². The summed E-state index contributed by atoms with van der Waals surface area (Å²) in [4.78, 5) is 2.05. The smallest absolute Gasteiger partial charge is 0.0656 e. The van der Waals surface area contributed by atoms with E-state index in [9.17, 15) is 0 Å². The standard InChI is InChI=1S/C9H13ClN2/c1-2-12(7-11)9-5-3-4-8(10)6-9/h3-6H,2,7,11H2,1H3. The molecule has 0 aliphatic carbocycles. The van der Waals surface area contributed by atoms with Gasteiger partial charge in [-0.25, -0.2) is 0 Å². The summed E-state index contributed by atoms with van der Waals surface area (Å²) in [7, 11) is 0. The molecule has 0 amide bonds. The van der Waals surface area contributed by atoms with Gasteiger partial charge in [0.05, 0.1) is 6.67 Å². The summed E-state index contributed by atoms with van der Waals surface area (Å²) in [5, 5.41) is 0.749. The van der Waals surface area contributed by atoms with Crippen LogP contribution in [0.15, 0.2) is 24.3 Å². The van der Waals surface area contributed by atoms with E-state index in [1.165, 1.54) is 0 Å². The maximum Gasteiger partial charge on any atom is 0.0656 e. The van der Waals surface area contributed by atoms with Crippen LogP contribution >= 0.6 is 11.6 Å². The number of hydrogen-bond acceptors (Lipinski definition) is 2. The van der Waals surface area contributed by atoms with Gasteiger partial charge in [-0.2, -0.15) is 0 Å². The Morgan fingerprint density at radius 1 is 1.50 bits per heavy atom. The van der Waals surface area contributed by atoms with Gasteiger partial charge in [0.15, 0.2) is 0 Å². The predicted octanol–water partition coefficient (Wildman–Crippen LogP) is 2.08. The second kappa shape index (κ2) is 4.33. The molecule has 2 nitrogen and oxygen atoms in total. The van der Waals surface area contributed by atoms with Gasteiger partial charge in [-0.15, -0.1) is 0 Å². The number of nitrogens with two attached hydrogens (primary N) is 1. The van der Waals surface area contributed by atoms with Gasteiger partial charge in [-0.05, 0) is 25.1 Å². The first-order chi connectivity index (χ1) is 5.77. The fraction of sp³-hybridized carbons (Fsp3) is 0.333. The molecule has 1 aromatic carbocycles. The minimum absolute atomic E-state index is 0.525. The van der Waals surface area contributed by atoms with Crippen molar-refractivity contribution < 1.29 is 0 Å². The summed E-state index contributed by atoms with van der Waals surface area (Å²) in [6, 6.07) is 7.70. The summed E-state index contributed by atoms with van der Waals surface area (Å²) in [5.41, 5.74) is 6.62. The largest absolute Gasteiger partial charge is 0.359 e. The number of hydrogen-bond donors (Lipinski definition) is 1. The van der Waals surface area contributed by atoms with Crippen LogP contribution < -0.4 is 10.6 Å². The van der Waals surface area contributed by atoms with E-state index in [0.29, 0.717) is 6.67 Å². The van der Waals surface area contributed by atoms with Crippen molar-refractivity contribution in [3.8, 4) is 0 Å². The SMILES string of the molecule is CCN(CN)c1cccc(Cl)c1. The van der Waals surface area contributed by atoms with E-state index < -0.39 is 0 Å². The molecule has 0 atom stereocenters. The van der Waals surface area contributed by atoms with Crippen LogP contribution in [-0.4, -0.2) is 13.2 Å². The topological polar surface area (TPSA) is 29.3 Å². The first kappa shape index (κ1) is 9.36. The molecule has 1 rings (SSSR count). The van der Waals surface area contributed by atoms with E-state index in [1.54, 1.807) is 0 Å². The fourth-order valence-electron chi connectivity index (χ4n) is 1.09. The molecule has 3 heteroatoms. The lowest BCUT2D eigenvalue weighted by Crippen LogP contribution is -2.29. The highest BCUT2D eigenvalue weighted by atomic mass is 35.5. The summed E-state index contributed by atoms with van der Waals surface area (Å²) in [5.74, 6) is 0. The van der Waals surface area contributed by atoms with E-state index in [1.807, 2.05) is 29.2 Å². The van der Waals surface area contributed by atoms with Gasteiger partial charge in [0, 0.05) is 17.3 Å². The second-order valence-corrected chi connectivity index (χ2v) is 2.95. The quantitative estimate of drug-likeness (QED) is 0.729. The van der Waals surface area contributed by atoms with Gasteiger partial charge in [0.2, 0.25) is 0 Å². The number of anilines is 1. The normalized spacial score (nSPS) is 9.92. The lowest BCUT2D eigenvalue weighted by Gasteiger charge is -2.20. The van der Waals surface area contributed by atoms with E-state index in [-0.39, 0.29) is 0 Å². The average Bonchev–Trinajstić information content (AvgIpc) is 2.07. The van der Waals surface area contributed by atoms with Crippen LogP contribution in [0.5, 0.6) is 0 Å². The molecule has 0 fully saturated rings.